The largest absolute Gasteiger partial charge is 0.307 e. The molecule has 1 saturated heterocycles. The zero-order chi connectivity index (χ0) is 15.0. The molecule has 21 heavy (non-hydrogen) atoms. The number of aromatic nitrogens is 1. The van der Waals surface area contributed by atoms with Gasteiger partial charge in [-0.25, -0.2) is 4.98 Å². The van der Waals surface area contributed by atoms with Crippen LogP contribution in [0.4, 0.5) is 0 Å². The highest BCUT2D eigenvalue weighted by Gasteiger charge is 2.22. The van der Waals surface area contributed by atoms with E-state index in [9.17, 15) is 4.79 Å². The third-order valence-corrected chi connectivity index (χ3v) is 5.30. The zero-order valence-electron chi connectivity index (χ0n) is 10.2. The van der Waals surface area contributed by atoms with E-state index in [1.165, 1.54) is 23.1 Å². The number of thiazole rings is 1. The van der Waals surface area contributed by atoms with Crippen LogP contribution < -0.4 is 5.32 Å². The number of carbonyl (C=O) groups is 1. The Labute approximate surface area is 144 Å². The maximum Gasteiger partial charge on any atom is 0.263 e. The smallest absolute Gasteiger partial charge is 0.263 e. The summed E-state index contributed by atoms with van der Waals surface area (Å²) in [5, 5.41) is 4.51. The van der Waals surface area contributed by atoms with Crippen molar-refractivity contribution in [3.63, 3.8) is 0 Å². The molecule has 0 aliphatic carbocycles. The summed E-state index contributed by atoms with van der Waals surface area (Å²) < 4.78 is 0.467. The number of rotatable bonds is 2. The number of carbonyl (C=O) groups excluding carboxylic acids is 1. The molecule has 0 unspecified atom stereocenters. The maximum atomic E-state index is 11.6. The molecule has 3 rings (SSSR count). The average molecular weight is 373 g/mol. The Kier molecular flexibility index (Phi) is 4.33. The van der Waals surface area contributed by atoms with Crippen LogP contribution in [0.5, 0.6) is 0 Å². The number of halogens is 2. The standard InChI is InChI=1S/C13H6Cl2N2OS3/c14-6-1-2-9(15)8(3-6)12-16-5-7(20-12)4-10-11(18)17-13(19)21-10/h1-5H,(H,17,18,19). The van der Waals surface area contributed by atoms with E-state index in [0.29, 0.717) is 19.3 Å². The van der Waals surface area contributed by atoms with Gasteiger partial charge in [-0.05, 0) is 24.3 Å². The second-order valence-electron chi connectivity index (χ2n) is 4.04. The van der Waals surface area contributed by atoms with Crippen molar-refractivity contribution in [1.29, 1.82) is 0 Å². The van der Waals surface area contributed by atoms with Gasteiger partial charge in [-0.1, -0.05) is 47.2 Å². The predicted molar refractivity (Wildman–Crippen MR) is 93.9 cm³/mol. The normalized spacial score (nSPS) is 16.6. The van der Waals surface area contributed by atoms with Crippen molar-refractivity contribution < 1.29 is 4.79 Å². The van der Waals surface area contributed by atoms with E-state index in [2.05, 4.69) is 10.3 Å². The first kappa shape index (κ1) is 15.0. The van der Waals surface area contributed by atoms with Crippen molar-refractivity contribution >= 4 is 74.8 Å². The van der Waals surface area contributed by atoms with Crippen LogP contribution in [0.1, 0.15) is 4.88 Å². The summed E-state index contributed by atoms with van der Waals surface area (Å²) in [5.41, 5.74) is 0.776. The molecule has 2 heterocycles. The Hall–Kier alpha value is -0.920. The lowest BCUT2D eigenvalue weighted by Gasteiger charge is -2.00. The van der Waals surface area contributed by atoms with E-state index in [-0.39, 0.29) is 5.91 Å². The molecule has 8 heteroatoms. The van der Waals surface area contributed by atoms with Gasteiger partial charge in [0.2, 0.25) is 0 Å². The molecule has 3 nitrogen and oxygen atoms in total. The molecular weight excluding hydrogens is 367 g/mol. The highest BCUT2D eigenvalue weighted by Crippen LogP contribution is 2.35. The number of benzene rings is 1. The highest BCUT2D eigenvalue weighted by atomic mass is 35.5. The second-order valence-corrected chi connectivity index (χ2v) is 7.67. The van der Waals surface area contributed by atoms with Crippen molar-refractivity contribution in [2.45, 2.75) is 0 Å². The summed E-state index contributed by atoms with van der Waals surface area (Å²) >= 11 is 19.8. The summed E-state index contributed by atoms with van der Waals surface area (Å²) in [6.45, 7) is 0. The Morgan fingerprint density at radius 3 is 2.86 bits per heavy atom. The van der Waals surface area contributed by atoms with Gasteiger partial charge in [-0.2, -0.15) is 0 Å². The number of nitrogens with zero attached hydrogens (tertiary/aromatic N) is 1. The second kappa shape index (κ2) is 6.06. The van der Waals surface area contributed by atoms with E-state index in [0.717, 1.165) is 15.4 Å². The third-order valence-electron chi connectivity index (χ3n) is 2.60. The summed E-state index contributed by atoms with van der Waals surface area (Å²) in [6, 6.07) is 5.23. The topological polar surface area (TPSA) is 42.0 Å². The molecule has 0 spiro atoms. The Morgan fingerprint density at radius 1 is 1.33 bits per heavy atom. The number of hydrogen-bond acceptors (Lipinski definition) is 5. The molecule has 2 aromatic rings. The van der Waals surface area contributed by atoms with Gasteiger partial charge in [0, 0.05) is 21.7 Å². The molecular formula is C13H6Cl2N2OS3. The monoisotopic (exact) mass is 372 g/mol. The summed E-state index contributed by atoms with van der Waals surface area (Å²) in [7, 11) is 0. The van der Waals surface area contributed by atoms with Crippen molar-refractivity contribution in [2.24, 2.45) is 0 Å². The van der Waals surface area contributed by atoms with Gasteiger partial charge in [0.1, 0.15) is 9.33 Å². The van der Waals surface area contributed by atoms with Crippen LogP contribution in [0.25, 0.3) is 16.6 Å². The molecule has 0 bridgehead atoms. The summed E-state index contributed by atoms with van der Waals surface area (Å²) in [6.07, 6.45) is 3.46. The van der Waals surface area contributed by atoms with Gasteiger partial charge in [0.15, 0.2) is 0 Å². The van der Waals surface area contributed by atoms with Crippen LogP contribution in [0.3, 0.4) is 0 Å². The molecule has 1 N–H and O–H groups in total. The Balaban J connectivity index is 1.94. The van der Waals surface area contributed by atoms with E-state index in [1.807, 2.05) is 0 Å². The molecule has 1 aliphatic heterocycles. The van der Waals surface area contributed by atoms with Crippen LogP contribution in [-0.4, -0.2) is 15.2 Å². The van der Waals surface area contributed by atoms with Crippen LogP contribution in [-0.2, 0) is 4.79 Å². The quantitative estimate of drug-likeness (QED) is 0.617. The van der Waals surface area contributed by atoms with E-state index < -0.39 is 0 Å². The van der Waals surface area contributed by atoms with Crippen molar-refractivity contribution in [1.82, 2.24) is 10.3 Å². The lowest BCUT2D eigenvalue weighted by molar-refractivity contribution is -0.115. The Morgan fingerprint density at radius 2 is 2.14 bits per heavy atom. The minimum atomic E-state index is -0.180. The molecule has 1 fully saturated rings. The fourth-order valence-electron chi connectivity index (χ4n) is 1.69. The van der Waals surface area contributed by atoms with Gasteiger partial charge in [-0.15, -0.1) is 11.3 Å². The van der Waals surface area contributed by atoms with E-state index in [1.54, 1.807) is 30.5 Å². The third kappa shape index (κ3) is 3.30. The summed E-state index contributed by atoms with van der Waals surface area (Å²) in [5.74, 6) is -0.180. The minimum Gasteiger partial charge on any atom is -0.307 e. The van der Waals surface area contributed by atoms with Gasteiger partial charge >= 0.3 is 0 Å². The SMILES string of the molecule is O=C1NC(=S)SC1=Cc1cnc(-c2cc(Cl)ccc2Cl)s1. The molecule has 1 amide bonds. The first-order chi connectivity index (χ1) is 10.0. The molecule has 1 aromatic heterocycles. The lowest BCUT2D eigenvalue weighted by Crippen LogP contribution is -2.17. The minimum absolute atomic E-state index is 0.180. The number of amides is 1. The molecule has 0 atom stereocenters. The van der Waals surface area contributed by atoms with Crippen LogP contribution in [0.15, 0.2) is 29.3 Å². The van der Waals surface area contributed by atoms with Crippen LogP contribution >= 0.6 is 58.5 Å². The number of nitrogens with one attached hydrogen (secondary N) is 1. The Bertz CT molecular complexity index is 785. The van der Waals surface area contributed by atoms with Gasteiger partial charge in [0.25, 0.3) is 5.91 Å². The number of thiocarbonyl (C=S) groups is 1. The number of hydrogen-bond donors (Lipinski definition) is 1. The lowest BCUT2D eigenvalue weighted by atomic mass is 10.2. The number of thioether (sulfide) groups is 1. The molecule has 1 aromatic carbocycles. The zero-order valence-corrected chi connectivity index (χ0v) is 14.2. The van der Waals surface area contributed by atoms with E-state index in [4.69, 9.17) is 35.4 Å². The van der Waals surface area contributed by atoms with E-state index >= 15 is 0 Å². The molecule has 106 valence electrons. The first-order valence-corrected chi connectivity index (χ1v) is 8.49. The first-order valence-electron chi connectivity index (χ1n) is 5.69. The average Bonchev–Trinajstić information content (AvgIpc) is 3.00. The van der Waals surface area contributed by atoms with Crippen LogP contribution in [0.2, 0.25) is 10.0 Å². The van der Waals surface area contributed by atoms with Crippen molar-refractivity contribution in [3.8, 4) is 10.6 Å². The predicted octanol–water partition coefficient (Wildman–Crippen LogP) is 4.61. The van der Waals surface area contributed by atoms with Gasteiger partial charge in [-0.3, -0.25) is 4.79 Å². The van der Waals surface area contributed by atoms with Crippen molar-refractivity contribution in [3.05, 3.63) is 44.2 Å². The maximum absolute atomic E-state index is 11.6. The highest BCUT2D eigenvalue weighted by molar-refractivity contribution is 8.26. The van der Waals surface area contributed by atoms with Crippen molar-refractivity contribution in [2.75, 3.05) is 0 Å². The van der Waals surface area contributed by atoms with Crippen LogP contribution in [0, 0.1) is 0 Å². The van der Waals surface area contributed by atoms with Gasteiger partial charge in [0.05, 0.1) is 9.93 Å². The fourth-order valence-corrected chi connectivity index (χ4v) is 4.12. The van der Waals surface area contributed by atoms with Gasteiger partial charge < -0.3 is 5.32 Å². The summed E-state index contributed by atoms with van der Waals surface area (Å²) in [4.78, 5) is 17.4. The molecule has 0 saturated carbocycles. The molecule has 1 aliphatic rings. The molecule has 0 radical (unpaired) electrons. The fraction of sp³-hybridized carbons (Fsp3) is 0.